The van der Waals surface area contributed by atoms with Crippen LogP contribution in [0.3, 0.4) is 0 Å². The first-order chi connectivity index (χ1) is 13.0. The zero-order chi connectivity index (χ0) is 19.2. The number of nitrogens with two attached hydrogens (primary N) is 1. The quantitative estimate of drug-likeness (QED) is 0.637. The van der Waals surface area contributed by atoms with Gasteiger partial charge in [-0.05, 0) is 12.1 Å². The van der Waals surface area contributed by atoms with Gasteiger partial charge < -0.3 is 19.7 Å². The van der Waals surface area contributed by atoms with E-state index >= 15 is 0 Å². The molecule has 8 nitrogen and oxygen atoms in total. The molecule has 0 aliphatic heterocycles. The fraction of sp³-hybridized carbons (Fsp3) is 0.158. The minimum absolute atomic E-state index is 0.0135. The molecule has 138 valence electrons. The van der Waals surface area contributed by atoms with E-state index in [9.17, 15) is 9.59 Å². The number of nitrogens with zero attached hydrogens (tertiary/aromatic N) is 2. The van der Waals surface area contributed by atoms with E-state index in [-0.39, 0.29) is 17.9 Å². The Bertz CT molecular complexity index is 939. The summed E-state index contributed by atoms with van der Waals surface area (Å²) in [4.78, 5) is 28.4. The van der Waals surface area contributed by atoms with Gasteiger partial charge >= 0.3 is 5.97 Å². The molecule has 0 radical (unpaired) electrons. The van der Waals surface area contributed by atoms with Gasteiger partial charge in [0.25, 0.3) is 5.91 Å². The summed E-state index contributed by atoms with van der Waals surface area (Å²) in [5, 5.41) is 3.73. The zero-order valence-corrected chi connectivity index (χ0v) is 14.5. The SMILES string of the molecule is Cc1nc(COc2ccccc2C(=O)OC(C(N)=O)c2ccccc2)no1. The van der Waals surface area contributed by atoms with Crippen LogP contribution in [0.2, 0.25) is 0 Å². The van der Waals surface area contributed by atoms with Crippen molar-refractivity contribution in [3.63, 3.8) is 0 Å². The molecule has 0 saturated carbocycles. The molecular weight excluding hydrogens is 350 g/mol. The van der Waals surface area contributed by atoms with Crippen molar-refractivity contribution in [2.75, 3.05) is 0 Å². The average molecular weight is 367 g/mol. The second-order valence-corrected chi connectivity index (χ2v) is 5.61. The van der Waals surface area contributed by atoms with Crippen molar-refractivity contribution in [2.45, 2.75) is 19.6 Å². The van der Waals surface area contributed by atoms with Crippen molar-refractivity contribution in [2.24, 2.45) is 5.73 Å². The Morgan fingerprint density at radius 3 is 2.48 bits per heavy atom. The molecule has 27 heavy (non-hydrogen) atoms. The third-order valence-electron chi connectivity index (χ3n) is 3.62. The number of hydrogen-bond donors (Lipinski definition) is 1. The molecule has 1 atom stereocenters. The fourth-order valence-electron chi connectivity index (χ4n) is 2.39. The molecule has 0 saturated heterocycles. The summed E-state index contributed by atoms with van der Waals surface area (Å²) in [7, 11) is 0. The monoisotopic (exact) mass is 367 g/mol. The minimum atomic E-state index is -1.20. The van der Waals surface area contributed by atoms with Gasteiger partial charge in [-0.1, -0.05) is 47.6 Å². The molecule has 0 fully saturated rings. The van der Waals surface area contributed by atoms with Crippen molar-refractivity contribution in [3.05, 3.63) is 77.4 Å². The summed E-state index contributed by atoms with van der Waals surface area (Å²) in [5.41, 5.74) is 6.03. The molecule has 0 aliphatic carbocycles. The highest BCUT2D eigenvalue weighted by atomic mass is 16.6. The number of para-hydroxylation sites is 1. The Kier molecular flexibility index (Phi) is 5.46. The van der Waals surface area contributed by atoms with Crippen molar-refractivity contribution < 1.29 is 23.6 Å². The number of aromatic nitrogens is 2. The maximum absolute atomic E-state index is 12.6. The zero-order valence-electron chi connectivity index (χ0n) is 14.5. The molecule has 1 aromatic heterocycles. The third-order valence-corrected chi connectivity index (χ3v) is 3.62. The average Bonchev–Trinajstić information content (AvgIpc) is 3.10. The van der Waals surface area contributed by atoms with Crippen LogP contribution in [0.1, 0.15) is 33.7 Å². The van der Waals surface area contributed by atoms with Crippen LogP contribution < -0.4 is 10.5 Å². The molecule has 2 N–H and O–H groups in total. The van der Waals surface area contributed by atoms with E-state index in [1.54, 1.807) is 55.5 Å². The number of hydrogen-bond acceptors (Lipinski definition) is 7. The molecule has 3 aromatic rings. The van der Waals surface area contributed by atoms with Gasteiger partial charge in [-0.2, -0.15) is 4.98 Å². The van der Waals surface area contributed by atoms with Crippen LogP contribution in [0, 0.1) is 6.92 Å². The van der Waals surface area contributed by atoms with Crippen molar-refractivity contribution in [1.29, 1.82) is 0 Å². The van der Waals surface area contributed by atoms with Gasteiger partial charge in [0.15, 0.2) is 6.61 Å². The lowest BCUT2D eigenvalue weighted by Crippen LogP contribution is -2.26. The second-order valence-electron chi connectivity index (χ2n) is 5.61. The van der Waals surface area contributed by atoms with Crippen LogP contribution in [-0.2, 0) is 16.1 Å². The maximum Gasteiger partial charge on any atom is 0.343 e. The van der Waals surface area contributed by atoms with E-state index in [1.807, 2.05) is 0 Å². The molecule has 3 rings (SSSR count). The summed E-state index contributed by atoms with van der Waals surface area (Å²) in [6.45, 7) is 1.68. The Morgan fingerprint density at radius 1 is 1.11 bits per heavy atom. The van der Waals surface area contributed by atoms with E-state index < -0.39 is 18.0 Å². The van der Waals surface area contributed by atoms with E-state index in [0.29, 0.717) is 17.3 Å². The van der Waals surface area contributed by atoms with Gasteiger partial charge in [0, 0.05) is 12.5 Å². The summed E-state index contributed by atoms with van der Waals surface area (Å²) in [6, 6.07) is 15.0. The highest BCUT2D eigenvalue weighted by Crippen LogP contribution is 2.24. The van der Waals surface area contributed by atoms with Crippen molar-refractivity contribution in [3.8, 4) is 5.75 Å². The molecule has 1 unspecified atom stereocenters. The highest BCUT2D eigenvalue weighted by molar-refractivity contribution is 5.94. The first-order valence-electron chi connectivity index (χ1n) is 8.11. The number of rotatable bonds is 7. The largest absolute Gasteiger partial charge is 0.485 e. The van der Waals surface area contributed by atoms with Crippen molar-refractivity contribution in [1.82, 2.24) is 10.1 Å². The maximum atomic E-state index is 12.6. The molecule has 0 aliphatic rings. The Labute approximate surface area is 154 Å². The standard InChI is InChI=1S/C19H17N3O5/c1-12-21-16(22-27-12)11-25-15-10-6-5-9-14(15)19(24)26-17(18(20)23)13-7-3-2-4-8-13/h2-10,17H,11H2,1H3,(H2,20,23). The van der Waals surface area contributed by atoms with E-state index in [4.69, 9.17) is 19.7 Å². The number of amides is 1. The number of carbonyl (C=O) groups excluding carboxylic acids is 2. The van der Waals surface area contributed by atoms with Gasteiger partial charge in [-0.3, -0.25) is 4.79 Å². The Hall–Kier alpha value is -3.68. The van der Waals surface area contributed by atoms with Crippen LogP contribution >= 0.6 is 0 Å². The minimum Gasteiger partial charge on any atom is -0.485 e. The van der Waals surface area contributed by atoms with Crippen LogP contribution in [-0.4, -0.2) is 22.0 Å². The van der Waals surface area contributed by atoms with Crippen LogP contribution in [0.25, 0.3) is 0 Å². The van der Waals surface area contributed by atoms with E-state index in [0.717, 1.165) is 0 Å². The van der Waals surface area contributed by atoms with Gasteiger partial charge in [-0.15, -0.1) is 0 Å². The van der Waals surface area contributed by atoms with Gasteiger partial charge in [-0.25, -0.2) is 4.79 Å². The van der Waals surface area contributed by atoms with Crippen LogP contribution in [0.15, 0.2) is 59.1 Å². The van der Waals surface area contributed by atoms with Gasteiger partial charge in [0.05, 0.1) is 0 Å². The topological polar surface area (TPSA) is 118 Å². The fourth-order valence-corrected chi connectivity index (χ4v) is 2.39. The number of aryl methyl sites for hydroxylation is 1. The third kappa shape index (κ3) is 4.49. The molecule has 0 bridgehead atoms. The molecule has 2 aromatic carbocycles. The first kappa shape index (κ1) is 18.1. The normalized spacial score (nSPS) is 11.6. The molecule has 0 spiro atoms. The lowest BCUT2D eigenvalue weighted by Gasteiger charge is -2.16. The summed E-state index contributed by atoms with van der Waals surface area (Å²) < 4.78 is 15.8. The predicted molar refractivity (Wildman–Crippen MR) is 93.6 cm³/mol. The van der Waals surface area contributed by atoms with E-state index in [2.05, 4.69) is 10.1 Å². The number of ether oxygens (including phenoxy) is 2. The Morgan fingerprint density at radius 2 is 1.81 bits per heavy atom. The second kappa shape index (κ2) is 8.13. The first-order valence-corrected chi connectivity index (χ1v) is 8.11. The molecule has 8 heteroatoms. The lowest BCUT2D eigenvalue weighted by atomic mass is 10.1. The van der Waals surface area contributed by atoms with Gasteiger partial charge in [0.1, 0.15) is 11.3 Å². The summed E-state index contributed by atoms with van der Waals surface area (Å²) in [6.07, 6.45) is -1.20. The van der Waals surface area contributed by atoms with E-state index in [1.165, 1.54) is 6.07 Å². The summed E-state index contributed by atoms with van der Waals surface area (Å²) in [5.74, 6) is -0.484. The number of primary amides is 1. The lowest BCUT2D eigenvalue weighted by molar-refractivity contribution is -0.127. The molecule has 1 heterocycles. The highest BCUT2D eigenvalue weighted by Gasteiger charge is 2.25. The predicted octanol–water partition coefficient (Wildman–Crippen LogP) is 2.34. The molecule has 1 amide bonds. The summed E-state index contributed by atoms with van der Waals surface area (Å²) >= 11 is 0. The van der Waals surface area contributed by atoms with Crippen LogP contribution in [0.5, 0.6) is 5.75 Å². The van der Waals surface area contributed by atoms with Crippen LogP contribution in [0.4, 0.5) is 0 Å². The number of carbonyl (C=O) groups is 2. The van der Waals surface area contributed by atoms with Crippen molar-refractivity contribution >= 4 is 11.9 Å². The smallest absolute Gasteiger partial charge is 0.343 e. The number of benzene rings is 2. The number of esters is 1. The Balaban J connectivity index is 1.77. The molecular formula is C19H17N3O5. The van der Waals surface area contributed by atoms with Gasteiger partial charge in [0.2, 0.25) is 17.8 Å².